The Morgan fingerprint density at radius 1 is 1.21 bits per heavy atom. The standard InChI is InChI=1S/C27H26ClF2N5O3.Na/c1-16-21(11-17-5-3-4-6-22(17)38-25(29)30)35-15-19(20(28)12-23(35)33-16)18-13-31-26(32-14-18)34-9-7-27(2,8-10-34)24(36)37;/h3-6,12-15,25H,7-11H2,1-2H3,(H,36,37);/q;+1/p-1. The number of hydrogen-bond donors (Lipinski definition) is 0. The molecule has 0 unspecified atom stereocenters. The van der Waals surface area contributed by atoms with Gasteiger partial charge >= 0.3 is 36.2 Å². The van der Waals surface area contributed by atoms with E-state index >= 15 is 0 Å². The van der Waals surface area contributed by atoms with Crippen molar-refractivity contribution in [3.8, 4) is 16.9 Å². The van der Waals surface area contributed by atoms with Crippen LogP contribution in [-0.4, -0.2) is 45.0 Å². The van der Waals surface area contributed by atoms with Crippen LogP contribution in [0.15, 0.2) is 48.9 Å². The molecule has 0 spiro atoms. The molecule has 0 aliphatic carbocycles. The van der Waals surface area contributed by atoms with Gasteiger partial charge in [0.15, 0.2) is 0 Å². The SMILES string of the molecule is Cc1nc2cc(Cl)c(-c3cnc(N4CCC(C)(C(=O)[O-])CC4)nc3)cn2c1Cc1ccccc1OC(F)F.[Na+]. The van der Waals surface area contributed by atoms with E-state index in [1.54, 1.807) is 43.6 Å². The van der Waals surface area contributed by atoms with Gasteiger partial charge in [0.25, 0.3) is 0 Å². The van der Waals surface area contributed by atoms with Crippen LogP contribution in [0.4, 0.5) is 14.7 Å². The van der Waals surface area contributed by atoms with Crippen LogP contribution in [0.1, 0.15) is 36.7 Å². The molecule has 1 aliphatic rings. The van der Waals surface area contributed by atoms with Gasteiger partial charge in [0.1, 0.15) is 11.4 Å². The number of ether oxygens (including phenoxy) is 1. The van der Waals surface area contributed by atoms with Crippen molar-refractivity contribution in [2.75, 3.05) is 18.0 Å². The number of anilines is 1. The fraction of sp³-hybridized carbons (Fsp3) is 0.333. The van der Waals surface area contributed by atoms with Crippen LogP contribution < -0.4 is 44.3 Å². The number of carbonyl (C=O) groups is 1. The van der Waals surface area contributed by atoms with Crippen molar-refractivity contribution < 1.29 is 53.0 Å². The van der Waals surface area contributed by atoms with Crippen LogP contribution in [0, 0.1) is 12.3 Å². The van der Waals surface area contributed by atoms with Crippen molar-refractivity contribution in [2.45, 2.75) is 39.7 Å². The number of hydrogen-bond acceptors (Lipinski definition) is 7. The maximum absolute atomic E-state index is 12.9. The second kappa shape index (κ2) is 11.8. The summed E-state index contributed by atoms with van der Waals surface area (Å²) in [5.41, 5.74) is 3.32. The third kappa shape index (κ3) is 6.04. The van der Waals surface area contributed by atoms with E-state index in [-0.39, 0.29) is 35.3 Å². The molecule has 4 heterocycles. The zero-order valence-corrected chi connectivity index (χ0v) is 24.6. The molecule has 3 aromatic heterocycles. The fourth-order valence-electron chi connectivity index (χ4n) is 4.73. The number of carboxylic acid groups (broad SMARTS) is 1. The molecule has 1 saturated heterocycles. The number of aliphatic carboxylic acids is 1. The summed E-state index contributed by atoms with van der Waals surface area (Å²) in [5, 5.41) is 11.9. The molecule has 198 valence electrons. The number of nitrogens with zero attached hydrogens (tertiary/aromatic N) is 5. The Bertz CT molecular complexity index is 1490. The van der Waals surface area contributed by atoms with Crippen LogP contribution in [0.3, 0.4) is 0 Å². The van der Waals surface area contributed by atoms with E-state index in [1.165, 1.54) is 6.07 Å². The number of para-hydroxylation sites is 1. The van der Waals surface area contributed by atoms with E-state index in [0.29, 0.717) is 65.7 Å². The quantitative estimate of drug-likeness (QED) is 0.313. The number of imidazole rings is 1. The molecular weight excluding hydrogens is 539 g/mol. The fourth-order valence-corrected chi connectivity index (χ4v) is 4.98. The number of carbonyl (C=O) groups excluding carboxylic acids is 1. The van der Waals surface area contributed by atoms with Gasteiger partial charge in [-0.05, 0) is 25.8 Å². The number of halogens is 3. The van der Waals surface area contributed by atoms with Gasteiger partial charge in [-0.25, -0.2) is 15.0 Å². The van der Waals surface area contributed by atoms with Gasteiger partial charge < -0.3 is 23.9 Å². The maximum Gasteiger partial charge on any atom is 1.00 e. The summed E-state index contributed by atoms with van der Waals surface area (Å²) in [6.45, 7) is 1.68. The maximum atomic E-state index is 12.9. The number of benzene rings is 1. The molecule has 1 aromatic carbocycles. The smallest absolute Gasteiger partial charge is 0.550 e. The van der Waals surface area contributed by atoms with Crippen LogP contribution in [0.2, 0.25) is 5.02 Å². The summed E-state index contributed by atoms with van der Waals surface area (Å²) in [7, 11) is 0. The first-order valence-electron chi connectivity index (χ1n) is 12.1. The molecular formula is C27H25ClF2N5NaO3. The molecule has 39 heavy (non-hydrogen) atoms. The van der Waals surface area contributed by atoms with Gasteiger partial charge in [0.2, 0.25) is 5.95 Å². The molecule has 0 saturated carbocycles. The van der Waals surface area contributed by atoms with Crippen molar-refractivity contribution in [3.05, 3.63) is 70.9 Å². The molecule has 12 heteroatoms. The average Bonchev–Trinajstić information content (AvgIpc) is 3.18. The van der Waals surface area contributed by atoms with Crippen LogP contribution >= 0.6 is 11.6 Å². The van der Waals surface area contributed by atoms with Gasteiger partial charge in [-0.1, -0.05) is 36.7 Å². The van der Waals surface area contributed by atoms with Crippen LogP contribution in [-0.2, 0) is 11.2 Å². The minimum atomic E-state index is -2.92. The number of alkyl halides is 2. The summed E-state index contributed by atoms with van der Waals surface area (Å²) < 4.78 is 32.4. The summed E-state index contributed by atoms with van der Waals surface area (Å²) in [6.07, 6.45) is 6.43. The van der Waals surface area contributed by atoms with Crippen LogP contribution in [0.25, 0.3) is 16.8 Å². The Kier molecular flexibility index (Phi) is 8.80. The van der Waals surface area contributed by atoms with Crippen molar-refractivity contribution in [1.29, 1.82) is 0 Å². The molecule has 0 bridgehead atoms. The molecule has 4 aromatic rings. The average molecular weight is 564 g/mol. The number of aryl methyl sites for hydroxylation is 1. The molecule has 1 fully saturated rings. The molecule has 0 radical (unpaired) electrons. The monoisotopic (exact) mass is 563 g/mol. The van der Waals surface area contributed by atoms with E-state index in [1.807, 2.05) is 22.4 Å². The van der Waals surface area contributed by atoms with E-state index in [2.05, 4.69) is 15.0 Å². The first-order valence-corrected chi connectivity index (χ1v) is 12.5. The van der Waals surface area contributed by atoms with Crippen molar-refractivity contribution >= 4 is 29.2 Å². The van der Waals surface area contributed by atoms with Crippen LogP contribution in [0.5, 0.6) is 5.75 Å². The molecule has 0 atom stereocenters. The van der Waals surface area contributed by atoms with E-state index in [4.69, 9.17) is 16.3 Å². The molecule has 0 amide bonds. The third-order valence-corrected chi connectivity index (χ3v) is 7.46. The Balaban J connectivity index is 0.00000353. The molecule has 0 N–H and O–H groups in total. The number of aromatic nitrogens is 4. The van der Waals surface area contributed by atoms with Gasteiger partial charge in [-0.2, -0.15) is 8.78 Å². The zero-order valence-electron chi connectivity index (χ0n) is 21.8. The number of carboxylic acids is 1. The normalized spacial score (nSPS) is 14.9. The third-order valence-electron chi connectivity index (χ3n) is 7.15. The topological polar surface area (TPSA) is 95.7 Å². The second-order valence-electron chi connectivity index (χ2n) is 9.68. The Labute approximate surface area is 251 Å². The first-order chi connectivity index (χ1) is 18.1. The summed E-state index contributed by atoms with van der Waals surface area (Å²) in [5.74, 6) is -0.397. The summed E-state index contributed by atoms with van der Waals surface area (Å²) >= 11 is 6.61. The van der Waals surface area contributed by atoms with Crippen molar-refractivity contribution in [2.24, 2.45) is 5.41 Å². The molecule has 5 rings (SSSR count). The predicted molar refractivity (Wildman–Crippen MR) is 136 cm³/mol. The largest absolute Gasteiger partial charge is 1.00 e. The molecule has 1 aliphatic heterocycles. The minimum Gasteiger partial charge on any atom is -0.550 e. The number of piperidine rings is 1. The number of fused-ring (bicyclic) bond motifs is 1. The van der Waals surface area contributed by atoms with E-state index in [0.717, 1.165) is 11.4 Å². The Morgan fingerprint density at radius 3 is 2.51 bits per heavy atom. The summed E-state index contributed by atoms with van der Waals surface area (Å²) in [6, 6.07) is 8.43. The van der Waals surface area contributed by atoms with Gasteiger partial charge in [-0.3, -0.25) is 0 Å². The van der Waals surface area contributed by atoms with E-state index in [9.17, 15) is 18.7 Å². The first kappa shape index (κ1) is 29.2. The van der Waals surface area contributed by atoms with Gasteiger partial charge in [0.05, 0.1) is 10.7 Å². The summed E-state index contributed by atoms with van der Waals surface area (Å²) in [4.78, 5) is 27.0. The Hall–Kier alpha value is -2.79. The predicted octanol–water partition coefficient (Wildman–Crippen LogP) is 1.31. The van der Waals surface area contributed by atoms with Gasteiger partial charge in [0, 0.05) is 77.9 Å². The second-order valence-corrected chi connectivity index (χ2v) is 10.1. The van der Waals surface area contributed by atoms with E-state index < -0.39 is 18.0 Å². The minimum absolute atomic E-state index is 0. The number of rotatable bonds is 7. The zero-order chi connectivity index (χ0) is 27.0. The van der Waals surface area contributed by atoms with Gasteiger partial charge in [-0.15, -0.1) is 0 Å². The van der Waals surface area contributed by atoms with Crippen molar-refractivity contribution in [1.82, 2.24) is 19.4 Å². The Morgan fingerprint density at radius 2 is 1.87 bits per heavy atom. The molecule has 8 nitrogen and oxygen atoms in total. The number of pyridine rings is 1. The van der Waals surface area contributed by atoms with Crippen molar-refractivity contribution in [3.63, 3.8) is 0 Å².